The molecule has 45 heavy (non-hydrogen) atoms. The van der Waals surface area contributed by atoms with Gasteiger partial charge in [-0.3, -0.25) is 9.59 Å². The molecule has 0 aliphatic carbocycles. The Labute approximate surface area is 285 Å². The van der Waals surface area contributed by atoms with Crippen molar-refractivity contribution in [3.05, 3.63) is 0 Å². The summed E-state index contributed by atoms with van der Waals surface area (Å²) in [6.07, 6.45) is 41.2. The molecule has 0 amide bonds. The summed E-state index contributed by atoms with van der Waals surface area (Å²) in [5, 5.41) is 0. The van der Waals surface area contributed by atoms with Crippen LogP contribution in [0.1, 0.15) is 233 Å². The topological polar surface area (TPSA) is 37.4 Å². The van der Waals surface area contributed by atoms with E-state index in [2.05, 4.69) is 13.8 Å². The lowest BCUT2D eigenvalue weighted by Crippen LogP contribution is -2.33. The maximum Gasteiger partial charge on any atom is 0.145 e. The summed E-state index contributed by atoms with van der Waals surface area (Å²) in [5.74, 6) is 0.330. The number of unbranched alkanes of at least 4 members (excludes halogenated alkanes) is 28. The van der Waals surface area contributed by atoms with Gasteiger partial charge in [-0.05, 0) is 47.8 Å². The highest BCUT2D eigenvalue weighted by atomic mass is 16.2. The first kappa shape index (κ1) is 46.4. The van der Waals surface area contributed by atoms with E-state index >= 15 is 0 Å². The van der Waals surface area contributed by atoms with Crippen LogP contribution in [0.15, 0.2) is 0 Å². The maximum atomic E-state index is 12.8. The number of carbonyl (C=O) groups is 2. The van der Waals surface area contributed by atoms with E-state index in [1.807, 2.05) is 39.9 Å². The van der Waals surface area contributed by atoms with Crippen molar-refractivity contribution >= 4 is 11.6 Å². The SMILES string of the molecule is CCCCCCCCCCCCCCCCCC(=O)C(C)(C)C(=O)CCCCCCCCCCCCCCCCC.CN(C)C. The molecule has 0 rings (SSSR count). The average molecular weight is 636 g/mol. The van der Waals surface area contributed by atoms with Crippen molar-refractivity contribution in [2.75, 3.05) is 21.1 Å². The number of nitrogens with zero attached hydrogens (tertiary/aromatic N) is 1. The van der Waals surface area contributed by atoms with E-state index in [0.717, 1.165) is 25.7 Å². The molecule has 3 heteroatoms. The lowest BCUT2D eigenvalue weighted by molar-refractivity contribution is -0.138. The van der Waals surface area contributed by atoms with Gasteiger partial charge in [0.25, 0.3) is 0 Å². The first-order chi connectivity index (χ1) is 21.7. The van der Waals surface area contributed by atoms with Crippen molar-refractivity contribution < 1.29 is 9.59 Å². The quantitative estimate of drug-likeness (QED) is 0.0521. The van der Waals surface area contributed by atoms with Gasteiger partial charge in [-0.25, -0.2) is 0 Å². The van der Waals surface area contributed by atoms with Gasteiger partial charge in [0, 0.05) is 12.8 Å². The lowest BCUT2D eigenvalue weighted by Gasteiger charge is -2.21. The molecular weight excluding hydrogens is 550 g/mol. The third-order valence-electron chi connectivity index (χ3n) is 9.41. The van der Waals surface area contributed by atoms with Crippen molar-refractivity contribution in [1.29, 1.82) is 0 Å². The fourth-order valence-electron chi connectivity index (χ4n) is 6.09. The van der Waals surface area contributed by atoms with Gasteiger partial charge < -0.3 is 4.90 Å². The summed E-state index contributed by atoms with van der Waals surface area (Å²) in [7, 11) is 6.00. The van der Waals surface area contributed by atoms with Crippen LogP contribution < -0.4 is 0 Å². The number of ketones is 2. The second-order valence-electron chi connectivity index (χ2n) is 15.2. The minimum absolute atomic E-state index is 0.165. The molecular formula is C42H85NO2. The van der Waals surface area contributed by atoms with Crippen molar-refractivity contribution in [3.63, 3.8) is 0 Å². The van der Waals surface area contributed by atoms with Gasteiger partial charge in [0.2, 0.25) is 0 Å². The van der Waals surface area contributed by atoms with Crippen LogP contribution in [0.2, 0.25) is 0 Å². The molecule has 0 aliphatic rings. The van der Waals surface area contributed by atoms with Crippen molar-refractivity contribution in [1.82, 2.24) is 4.90 Å². The molecule has 270 valence electrons. The van der Waals surface area contributed by atoms with Crippen LogP contribution in [0.5, 0.6) is 0 Å². The van der Waals surface area contributed by atoms with Gasteiger partial charge in [-0.2, -0.15) is 0 Å². The second-order valence-corrected chi connectivity index (χ2v) is 15.2. The Balaban J connectivity index is 0. The van der Waals surface area contributed by atoms with Crippen LogP contribution in [-0.2, 0) is 9.59 Å². The van der Waals surface area contributed by atoms with Crippen LogP contribution >= 0.6 is 0 Å². The first-order valence-electron chi connectivity index (χ1n) is 20.4. The van der Waals surface area contributed by atoms with E-state index in [0.29, 0.717) is 12.8 Å². The molecule has 0 heterocycles. The molecule has 0 spiro atoms. The molecule has 0 bridgehead atoms. The molecule has 0 aliphatic heterocycles. The highest BCUT2D eigenvalue weighted by Gasteiger charge is 2.33. The summed E-state index contributed by atoms with van der Waals surface area (Å²) < 4.78 is 0. The van der Waals surface area contributed by atoms with Crippen LogP contribution in [0.25, 0.3) is 0 Å². The van der Waals surface area contributed by atoms with E-state index in [1.54, 1.807) is 0 Å². The minimum atomic E-state index is -0.786. The molecule has 0 fully saturated rings. The van der Waals surface area contributed by atoms with Gasteiger partial charge >= 0.3 is 0 Å². The molecule has 0 aromatic carbocycles. The fourth-order valence-corrected chi connectivity index (χ4v) is 6.09. The Kier molecular flexibility index (Phi) is 37.3. The number of Topliss-reactive ketones (excluding diaryl/α,β-unsaturated/α-hetero) is 2. The highest BCUT2D eigenvalue weighted by molar-refractivity contribution is 6.06. The summed E-state index contributed by atoms with van der Waals surface area (Å²) in [4.78, 5) is 27.6. The molecule has 3 nitrogen and oxygen atoms in total. The molecule has 0 aromatic heterocycles. The van der Waals surface area contributed by atoms with Crippen molar-refractivity contribution in [2.45, 2.75) is 233 Å². The standard InChI is InChI=1S/C39H76O2.C3H9N/c1-5-7-9-11-13-15-17-19-21-23-25-27-29-31-33-35-37(40)39(3,4)38(41)36-34-32-30-28-26-24-22-20-18-16-14-12-10-8-6-2;1-4(2)3/h5-36H2,1-4H3;1-3H3. The Bertz CT molecular complexity index is 561. The zero-order valence-corrected chi connectivity index (χ0v) is 32.4. The summed E-state index contributed by atoms with van der Waals surface area (Å²) in [6, 6.07) is 0. The minimum Gasteiger partial charge on any atom is -0.312 e. The molecule has 0 radical (unpaired) electrons. The molecule has 0 saturated carbocycles. The van der Waals surface area contributed by atoms with E-state index in [-0.39, 0.29) is 11.6 Å². The molecule has 0 atom stereocenters. The van der Waals surface area contributed by atoms with Gasteiger partial charge in [-0.1, -0.05) is 194 Å². The molecule has 0 N–H and O–H groups in total. The van der Waals surface area contributed by atoms with Gasteiger partial charge in [0.15, 0.2) is 0 Å². The highest BCUT2D eigenvalue weighted by Crippen LogP contribution is 2.25. The Hall–Kier alpha value is -0.700. The molecule has 0 unspecified atom stereocenters. The number of carbonyl (C=O) groups excluding carboxylic acids is 2. The Morgan fingerprint density at radius 1 is 0.356 bits per heavy atom. The van der Waals surface area contributed by atoms with Crippen LogP contribution in [0.3, 0.4) is 0 Å². The summed E-state index contributed by atoms with van der Waals surface area (Å²) in [5.41, 5.74) is -0.786. The lowest BCUT2D eigenvalue weighted by atomic mass is 9.79. The zero-order valence-electron chi connectivity index (χ0n) is 32.4. The van der Waals surface area contributed by atoms with E-state index < -0.39 is 5.41 Å². The normalized spacial score (nSPS) is 11.6. The third kappa shape index (κ3) is 36.0. The average Bonchev–Trinajstić information content (AvgIpc) is 3.00. The Morgan fingerprint density at radius 3 is 0.689 bits per heavy atom. The number of rotatable bonds is 34. The fraction of sp³-hybridized carbons (Fsp3) is 0.952. The van der Waals surface area contributed by atoms with Crippen molar-refractivity contribution in [3.8, 4) is 0 Å². The monoisotopic (exact) mass is 636 g/mol. The van der Waals surface area contributed by atoms with Crippen LogP contribution in [0.4, 0.5) is 0 Å². The zero-order chi connectivity index (χ0) is 33.9. The number of hydrogen-bond acceptors (Lipinski definition) is 3. The Morgan fingerprint density at radius 2 is 0.511 bits per heavy atom. The van der Waals surface area contributed by atoms with Crippen molar-refractivity contribution in [2.24, 2.45) is 5.41 Å². The summed E-state index contributed by atoms with van der Waals surface area (Å²) >= 11 is 0. The molecule has 0 aromatic rings. The third-order valence-corrected chi connectivity index (χ3v) is 9.41. The van der Waals surface area contributed by atoms with Gasteiger partial charge in [0.1, 0.15) is 11.6 Å². The maximum absolute atomic E-state index is 12.8. The first-order valence-corrected chi connectivity index (χ1v) is 20.4. The second kappa shape index (κ2) is 36.1. The summed E-state index contributed by atoms with van der Waals surface area (Å²) in [6.45, 7) is 8.30. The van der Waals surface area contributed by atoms with Crippen LogP contribution in [-0.4, -0.2) is 37.6 Å². The van der Waals surface area contributed by atoms with Crippen LogP contribution in [0, 0.1) is 5.41 Å². The van der Waals surface area contributed by atoms with E-state index in [4.69, 9.17) is 0 Å². The molecule has 0 saturated heterocycles. The predicted octanol–water partition coefficient (Wildman–Crippen LogP) is 13.9. The van der Waals surface area contributed by atoms with Gasteiger partial charge in [0.05, 0.1) is 5.41 Å². The number of hydrogen-bond donors (Lipinski definition) is 0. The predicted molar refractivity (Wildman–Crippen MR) is 202 cm³/mol. The van der Waals surface area contributed by atoms with Gasteiger partial charge in [-0.15, -0.1) is 0 Å². The largest absolute Gasteiger partial charge is 0.312 e. The van der Waals surface area contributed by atoms with E-state index in [1.165, 1.54) is 167 Å². The van der Waals surface area contributed by atoms with E-state index in [9.17, 15) is 9.59 Å². The smallest absolute Gasteiger partial charge is 0.145 e.